The Morgan fingerprint density at radius 1 is 1.07 bits per heavy atom. The third-order valence-corrected chi connectivity index (χ3v) is 6.24. The highest BCUT2D eigenvalue weighted by molar-refractivity contribution is 5.79. The largest absolute Gasteiger partial charge is 0.493 e. The second-order valence-electron chi connectivity index (χ2n) is 8.23. The Kier molecular flexibility index (Phi) is 7.05. The number of hydrogen-bond donors (Lipinski definition) is 1. The lowest BCUT2D eigenvalue weighted by Crippen LogP contribution is -3.11. The molecule has 1 N–H and O–H groups in total. The van der Waals surface area contributed by atoms with Crippen molar-refractivity contribution >= 4 is 5.91 Å². The topological polar surface area (TPSA) is 52.4 Å². The van der Waals surface area contributed by atoms with E-state index in [2.05, 4.69) is 17.9 Å². The van der Waals surface area contributed by atoms with Gasteiger partial charge in [-0.05, 0) is 30.9 Å². The van der Waals surface area contributed by atoms with Gasteiger partial charge in [0.1, 0.15) is 6.54 Å². The lowest BCUT2D eigenvalue weighted by Gasteiger charge is -2.36. The van der Waals surface area contributed by atoms with Crippen molar-refractivity contribution in [1.29, 1.82) is 0 Å². The first-order valence-electron chi connectivity index (χ1n) is 10.5. The smallest absolute Gasteiger partial charge is 0.226 e. The minimum Gasteiger partial charge on any atom is -0.493 e. The lowest BCUT2D eigenvalue weighted by molar-refractivity contribution is -0.919. The Bertz CT molecular complexity index is 671. The highest BCUT2D eigenvalue weighted by atomic mass is 16.5. The molecule has 2 fully saturated rings. The van der Waals surface area contributed by atoms with Gasteiger partial charge in [0.2, 0.25) is 11.7 Å². The van der Waals surface area contributed by atoms with E-state index in [0.717, 1.165) is 63.3 Å². The van der Waals surface area contributed by atoms with E-state index >= 15 is 0 Å². The number of likely N-dealkylation sites (tertiary alicyclic amines) is 2. The minimum absolute atomic E-state index is 0.196. The van der Waals surface area contributed by atoms with Crippen molar-refractivity contribution in [3.63, 3.8) is 0 Å². The van der Waals surface area contributed by atoms with Gasteiger partial charge in [-0.2, -0.15) is 0 Å². The molecule has 0 radical (unpaired) electrons. The van der Waals surface area contributed by atoms with E-state index in [1.807, 2.05) is 6.07 Å². The molecule has 156 valence electrons. The quantitative estimate of drug-likeness (QED) is 0.803. The Balaban J connectivity index is 1.59. The zero-order valence-corrected chi connectivity index (χ0v) is 17.8. The minimum atomic E-state index is 0.196. The van der Waals surface area contributed by atoms with Crippen LogP contribution in [0, 0.1) is 11.8 Å². The summed E-state index contributed by atoms with van der Waals surface area (Å²) < 4.78 is 16.5. The monoisotopic (exact) mass is 391 g/mol. The molecule has 2 saturated heterocycles. The number of nitrogens with one attached hydrogen (secondary N) is 1. The first-order valence-corrected chi connectivity index (χ1v) is 10.5. The Morgan fingerprint density at radius 3 is 2.39 bits per heavy atom. The molecule has 28 heavy (non-hydrogen) atoms. The van der Waals surface area contributed by atoms with Crippen LogP contribution < -0.4 is 19.1 Å². The summed E-state index contributed by atoms with van der Waals surface area (Å²) in [7, 11) is 4.93. The van der Waals surface area contributed by atoms with Crippen molar-refractivity contribution in [2.75, 3.05) is 47.5 Å². The molecule has 0 aromatic heterocycles. The number of piperidine rings is 2. The van der Waals surface area contributed by atoms with Gasteiger partial charge in [0.15, 0.2) is 11.5 Å². The number of ether oxygens (including phenoxy) is 3. The van der Waals surface area contributed by atoms with E-state index in [1.54, 1.807) is 21.3 Å². The summed E-state index contributed by atoms with van der Waals surface area (Å²) >= 11 is 0. The summed E-state index contributed by atoms with van der Waals surface area (Å²) in [5.41, 5.74) is 1.12. The Labute approximate surface area is 168 Å². The molecule has 3 rings (SSSR count). The second kappa shape index (κ2) is 9.50. The number of carbonyl (C=O) groups is 1. The summed E-state index contributed by atoms with van der Waals surface area (Å²) in [4.78, 5) is 16.5. The molecule has 1 amide bonds. The van der Waals surface area contributed by atoms with Crippen LogP contribution in [0.25, 0.3) is 0 Å². The fourth-order valence-corrected chi connectivity index (χ4v) is 4.67. The van der Waals surface area contributed by atoms with Gasteiger partial charge in [0.05, 0.1) is 40.0 Å². The van der Waals surface area contributed by atoms with Crippen LogP contribution in [0.2, 0.25) is 0 Å². The van der Waals surface area contributed by atoms with Gasteiger partial charge in [-0.1, -0.05) is 6.92 Å². The predicted octanol–water partition coefficient (Wildman–Crippen LogP) is 1.77. The number of quaternary nitrogens is 1. The highest BCUT2D eigenvalue weighted by Crippen LogP contribution is 2.39. The molecule has 1 aromatic carbocycles. The van der Waals surface area contributed by atoms with Crippen LogP contribution in [-0.2, 0) is 11.3 Å². The van der Waals surface area contributed by atoms with Crippen LogP contribution in [0.4, 0.5) is 0 Å². The maximum Gasteiger partial charge on any atom is 0.226 e. The van der Waals surface area contributed by atoms with Gasteiger partial charge in [-0.25, -0.2) is 0 Å². The number of benzene rings is 1. The predicted molar refractivity (Wildman–Crippen MR) is 108 cm³/mol. The standard InChI is InChI=1S/C22H34N2O4/c1-16-6-5-11-24(14-16)22(25)17-9-12-23(13-10-17)15-18-7-8-19(26-2)21(28-4)20(18)27-3/h7-8,16-17H,5-6,9-15H2,1-4H3/p+1/t16-/m0/s1. The van der Waals surface area contributed by atoms with E-state index in [-0.39, 0.29) is 5.92 Å². The number of carbonyl (C=O) groups excluding carboxylic acids is 1. The molecule has 2 aliphatic rings. The van der Waals surface area contributed by atoms with Gasteiger partial charge >= 0.3 is 0 Å². The molecule has 6 nitrogen and oxygen atoms in total. The van der Waals surface area contributed by atoms with E-state index < -0.39 is 0 Å². The fraction of sp³-hybridized carbons (Fsp3) is 0.682. The maximum atomic E-state index is 12.9. The van der Waals surface area contributed by atoms with Crippen LogP contribution in [0.15, 0.2) is 12.1 Å². The van der Waals surface area contributed by atoms with Crippen LogP contribution in [0.1, 0.15) is 38.2 Å². The summed E-state index contributed by atoms with van der Waals surface area (Å²) in [5.74, 6) is 3.29. The molecule has 1 atom stereocenters. The molecule has 0 bridgehead atoms. The molecular formula is C22H35N2O4+. The molecule has 0 aliphatic carbocycles. The Morgan fingerprint density at radius 2 is 1.79 bits per heavy atom. The number of rotatable bonds is 6. The summed E-state index contributed by atoms with van der Waals surface area (Å²) in [6.07, 6.45) is 4.33. The lowest BCUT2D eigenvalue weighted by atomic mass is 9.92. The first kappa shape index (κ1) is 20.8. The van der Waals surface area contributed by atoms with Gasteiger partial charge in [-0.3, -0.25) is 4.79 Å². The third-order valence-electron chi connectivity index (χ3n) is 6.24. The van der Waals surface area contributed by atoms with E-state index in [1.165, 1.54) is 11.3 Å². The zero-order chi connectivity index (χ0) is 20.1. The van der Waals surface area contributed by atoms with E-state index in [9.17, 15) is 4.79 Å². The van der Waals surface area contributed by atoms with Crippen molar-refractivity contribution in [2.45, 2.75) is 39.2 Å². The summed E-state index contributed by atoms with van der Waals surface area (Å²) in [5, 5.41) is 0. The SMILES string of the molecule is COc1ccc(C[NH+]2CCC(C(=O)N3CCC[C@H](C)C3)CC2)c(OC)c1OC. The van der Waals surface area contributed by atoms with Gasteiger partial charge in [-0.15, -0.1) is 0 Å². The first-order chi connectivity index (χ1) is 13.6. The van der Waals surface area contributed by atoms with Crippen molar-refractivity contribution in [3.8, 4) is 17.2 Å². The van der Waals surface area contributed by atoms with Gasteiger partial charge in [0.25, 0.3) is 0 Å². The number of nitrogens with zero attached hydrogens (tertiary/aromatic N) is 1. The average molecular weight is 392 g/mol. The van der Waals surface area contributed by atoms with Crippen molar-refractivity contribution in [1.82, 2.24) is 4.90 Å². The van der Waals surface area contributed by atoms with Crippen molar-refractivity contribution < 1.29 is 23.9 Å². The number of methoxy groups -OCH3 is 3. The van der Waals surface area contributed by atoms with E-state index in [0.29, 0.717) is 23.3 Å². The highest BCUT2D eigenvalue weighted by Gasteiger charge is 2.32. The third kappa shape index (κ3) is 4.54. The Hall–Kier alpha value is -1.95. The summed E-state index contributed by atoms with van der Waals surface area (Å²) in [6, 6.07) is 3.99. The van der Waals surface area contributed by atoms with Crippen LogP contribution >= 0.6 is 0 Å². The maximum absolute atomic E-state index is 12.9. The number of hydrogen-bond acceptors (Lipinski definition) is 4. The molecule has 1 aromatic rings. The molecule has 0 spiro atoms. The van der Waals surface area contributed by atoms with Crippen LogP contribution in [-0.4, -0.2) is 58.3 Å². The number of amides is 1. The molecule has 6 heteroatoms. The van der Waals surface area contributed by atoms with Crippen molar-refractivity contribution in [2.24, 2.45) is 11.8 Å². The molecule has 2 heterocycles. The molecular weight excluding hydrogens is 356 g/mol. The zero-order valence-electron chi connectivity index (χ0n) is 17.8. The summed E-state index contributed by atoms with van der Waals surface area (Å²) in [6.45, 7) is 7.02. The van der Waals surface area contributed by atoms with Gasteiger partial charge in [0, 0.05) is 31.8 Å². The second-order valence-corrected chi connectivity index (χ2v) is 8.23. The van der Waals surface area contributed by atoms with Crippen molar-refractivity contribution in [3.05, 3.63) is 17.7 Å². The van der Waals surface area contributed by atoms with E-state index in [4.69, 9.17) is 14.2 Å². The molecule has 0 saturated carbocycles. The van der Waals surface area contributed by atoms with Crippen LogP contribution in [0.3, 0.4) is 0 Å². The normalized spacial score (nSPS) is 25.3. The van der Waals surface area contributed by atoms with Gasteiger partial charge < -0.3 is 24.0 Å². The fourth-order valence-electron chi connectivity index (χ4n) is 4.67. The van der Waals surface area contributed by atoms with Crippen LogP contribution in [0.5, 0.6) is 17.2 Å². The molecule has 0 unspecified atom stereocenters. The molecule has 2 aliphatic heterocycles. The average Bonchev–Trinajstić information content (AvgIpc) is 2.73.